The fourth-order valence-electron chi connectivity index (χ4n) is 4.32. The van der Waals surface area contributed by atoms with Crippen LogP contribution in [0.2, 0.25) is 0 Å². The molecule has 0 amide bonds. The molecule has 3 rings (SSSR count). The first-order chi connectivity index (χ1) is 7.17. The van der Waals surface area contributed by atoms with Crippen LogP contribution in [0.1, 0.15) is 72.1 Å². The summed E-state index contributed by atoms with van der Waals surface area (Å²) in [5.41, 5.74) is 0.757. The molecule has 0 aromatic carbocycles. The number of hydrogen-bond acceptors (Lipinski definition) is 0. The summed E-state index contributed by atoms with van der Waals surface area (Å²) in [7, 11) is 0. The van der Waals surface area contributed by atoms with E-state index in [1.165, 1.54) is 25.7 Å². The molecule has 3 aliphatic carbocycles. The molecule has 0 N–H and O–H groups in total. The maximum absolute atomic E-state index is 2.54. The van der Waals surface area contributed by atoms with Gasteiger partial charge in [0.05, 0.1) is 0 Å². The second-order valence-electron chi connectivity index (χ2n) is 6.60. The zero-order valence-corrected chi connectivity index (χ0v) is 10.9. The van der Waals surface area contributed by atoms with Crippen LogP contribution in [0, 0.1) is 23.2 Å². The topological polar surface area (TPSA) is 0 Å². The quantitative estimate of drug-likeness (QED) is 0.608. The van der Waals surface area contributed by atoms with E-state index in [2.05, 4.69) is 20.8 Å². The minimum absolute atomic E-state index is 0.757. The van der Waals surface area contributed by atoms with E-state index in [-0.39, 0.29) is 0 Å². The van der Waals surface area contributed by atoms with E-state index in [1.807, 2.05) is 0 Å². The third-order valence-electron chi connectivity index (χ3n) is 5.08. The van der Waals surface area contributed by atoms with Crippen molar-refractivity contribution in [3.63, 3.8) is 0 Å². The van der Waals surface area contributed by atoms with E-state index >= 15 is 0 Å². The van der Waals surface area contributed by atoms with Gasteiger partial charge in [0.2, 0.25) is 0 Å². The van der Waals surface area contributed by atoms with Crippen LogP contribution in [0.5, 0.6) is 0 Å². The number of unbranched alkanes of at least 4 members (excludes halogenated alkanes) is 1. The first kappa shape index (κ1) is 11.5. The monoisotopic (exact) mass is 208 g/mol. The molecule has 0 spiro atoms. The highest BCUT2D eigenvalue weighted by Gasteiger charge is 2.47. The van der Waals surface area contributed by atoms with Crippen molar-refractivity contribution in [2.24, 2.45) is 23.2 Å². The Morgan fingerprint density at radius 1 is 1.13 bits per heavy atom. The maximum atomic E-state index is 2.54. The Hall–Kier alpha value is 0. The molecule has 0 saturated heterocycles. The first-order valence-electron chi connectivity index (χ1n) is 7.17. The smallest absolute Gasteiger partial charge is 0.0318 e. The van der Waals surface area contributed by atoms with Crippen molar-refractivity contribution in [2.45, 2.75) is 72.1 Å². The van der Waals surface area contributed by atoms with Gasteiger partial charge in [0.25, 0.3) is 0 Å². The van der Waals surface area contributed by atoms with Gasteiger partial charge < -0.3 is 0 Å². The van der Waals surface area contributed by atoms with Crippen LogP contribution in [0.15, 0.2) is 0 Å². The SMILES string of the molecule is CCCCC1CC(CC)C2CC(C)(C1)C2. The van der Waals surface area contributed by atoms with Crippen LogP contribution < -0.4 is 0 Å². The van der Waals surface area contributed by atoms with Gasteiger partial charge in [0, 0.05) is 0 Å². The van der Waals surface area contributed by atoms with Crippen molar-refractivity contribution < 1.29 is 0 Å². The Balaban J connectivity index is 1.94. The third-order valence-corrected chi connectivity index (χ3v) is 5.08. The van der Waals surface area contributed by atoms with Crippen LogP contribution in [0.25, 0.3) is 0 Å². The average molecular weight is 208 g/mol. The lowest BCUT2D eigenvalue weighted by Crippen LogP contribution is -2.35. The van der Waals surface area contributed by atoms with E-state index < -0.39 is 0 Å². The van der Waals surface area contributed by atoms with Crippen LogP contribution >= 0.6 is 0 Å². The van der Waals surface area contributed by atoms with E-state index in [0.717, 1.165) is 23.2 Å². The first-order valence-corrected chi connectivity index (χ1v) is 7.17. The second-order valence-corrected chi connectivity index (χ2v) is 6.60. The van der Waals surface area contributed by atoms with E-state index in [0.29, 0.717) is 0 Å². The van der Waals surface area contributed by atoms with Crippen LogP contribution in [-0.2, 0) is 0 Å². The normalized spacial score (nSPS) is 44.6. The van der Waals surface area contributed by atoms with Gasteiger partial charge in [0.15, 0.2) is 0 Å². The van der Waals surface area contributed by atoms with Gasteiger partial charge in [-0.2, -0.15) is 0 Å². The molecular weight excluding hydrogens is 180 g/mol. The van der Waals surface area contributed by atoms with Crippen molar-refractivity contribution >= 4 is 0 Å². The van der Waals surface area contributed by atoms with Crippen molar-refractivity contribution in [3.05, 3.63) is 0 Å². The molecule has 15 heavy (non-hydrogen) atoms. The molecule has 88 valence electrons. The molecule has 2 atom stereocenters. The summed E-state index contributed by atoms with van der Waals surface area (Å²) in [6.45, 7) is 7.28. The molecule has 0 aromatic heterocycles. The summed E-state index contributed by atoms with van der Waals surface area (Å²) >= 11 is 0. The zero-order chi connectivity index (χ0) is 10.9. The highest BCUT2D eigenvalue weighted by molar-refractivity contribution is 4.98. The summed E-state index contributed by atoms with van der Waals surface area (Å²) in [6.07, 6.45) is 12.0. The van der Waals surface area contributed by atoms with E-state index in [1.54, 1.807) is 25.7 Å². The highest BCUT2D eigenvalue weighted by Crippen LogP contribution is 2.58. The van der Waals surface area contributed by atoms with Gasteiger partial charge in [-0.3, -0.25) is 0 Å². The molecule has 0 nitrogen and oxygen atoms in total. The lowest BCUT2D eigenvalue weighted by molar-refractivity contribution is 0.0462. The molecule has 2 unspecified atom stereocenters. The van der Waals surface area contributed by atoms with E-state index in [4.69, 9.17) is 0 Å². The van der Waals surface area contributed by atoms with Crippen LogP contribution in [-0.4, -0.2) is 0 Å². The van der Waals surface area contributed by atoms with Gasteiger partial charge in [-0.25, -0.2) is 0 Å². The Morgan fingerprint density at radius 3 is 2.47 bits per heavy atom. The number of hydrogen-bond donors (Lipinski definition) is 0. The van der Waals surface area contributed by atoms with Gasteiger partial charge in [-0.15, -0.1) is 0 Å². The van der Waals surface area contributed by atoms with Crippen molar-refractivity contribution in [1.82, 2.24) is 0 Å². The predicted octanol–water partition coefficient (Wildman–Crippen LogP) is 5.03. The third kappa shape index (κ3) is 2.40. The largest absolute Gasteiger partial charge is 0.0654 e. The minimum Gasteiger partial charge on any atom is -0.0654 e. The van der Waals surface area contributed by atoms with Gasteiger partial charge in [-0.05, 0) is 48.9 Å². The summed E-state index contributed by atoms with van der Waals surface area (Å²) in [5, 5.41) is 0. The standard InChI is InChI=1S/C15H28/c1-4-6-7-12-8-13(5-2)14-10-15(3,9-12)11-14/h12-14H,4-11H2,1-3H3. The predicted molar refractivity (Wildman–Crippen MR) is 66.9 cm³/mol. The Morgan fingerprint density at radius 2 is 1.87 bits per heavy atom. The van der Waals surface area contributed by atoms with Crippen molar-refractivity contribution in [3.8, 4) is 0 Å². The molecule has 2 bridgehead atoms. The lowest BCUT2D eigenvalue weighted by Gasteiger charge is -2.46. The Kier molecular flexibility index (Phi) is 3.42. The van der Waals surface area contributed by atoms with Gasteiger partial charge in [-0.1, -0.05) is 46.5 Å². The summed E-state index contributed by atoms with van der Waals surface area (Å²) < 4.78 is 0. The number of fused-ring (bicyclic) bond motifs is 3. The van der Waals surface area contributed by atoms with Crippen LogP contribution in [0.4, 0.5) is 0 Å². The Bertz CT molecular complexity index is 200. The lowest BCUT2D eigenvalue weighted by atomic mass is 9.59. The highest BCUT2D eigenvalue weighted by atomic mass is 14.5. The zero-order valence-electron chi connectivity index (χ0n) is 10.9. The van der Waals surface area contributed by atoms with E-state index in [9.17, 15) is 0 Å². The molecule has 3 aliphatic rings. The second kappa shape index (κ2) is 4.47. The van der Waals surface area contributed by atoms with Gasteiger partial charge >= 0.3 is 0 Å². The molecule has 0 radical (unpaired) electrons. The molecule has 3 saturated carbocycles. The molecule has 0 heteroatoms. The molecule has 0 aromatic rings. The maximum Gasteiger partial charge on any atom is -0.0318 e. The van der Waals surface area contributed by atoms with Gasteiger partial charge in [0.1, 0.15) is 0 Å². The molecule has 0 aliphatic heterocycles. The minimum atomic E-state index is 0.757. The van der Waals surface area contributed by atoms with Crippen molar-refractivity contribution in [1.29, 1.82) is 0 Å². The summed E-state index contributed by atoms with van der Waals surface area (Å²) in [5.74, 6) is 3.24. The fourth-order valence-corrected chi connectivity index (χ4v) is 4.32. The van der Waals surface area contributed by atoms with Crippen LogP contribution in [0.3, 0.4) is 0 Å². The molecular formula is C15H28. The Labute approximate surface area is 95.8 Å². The van der Waals surface area contributed by atoms with Crippen molar-refractivity contribution in [2.75, 3.05) is 0 Å². The fraction of sp³-hybridized carbons (Fsp3) is 1.00. The average Bonchev–Trinajstić information content (AvgIpc) is 2.39. The summed E-state index contributed by atoms with van der Waals surface area (Å²) in [4.78, 5) is 0. The number of rotatable bonds is 4. The molecule has 0 heterocycles. The summed E-state index contributed by atoms with van der Waals surface area (Å²) in [6, 6.07) is 0. The molecule has 3 fully saturated rings.